The Bertz CT molecular complexity index is 281. The van der Waals surface area contributed by atoms with Gasteiger partial charge in [-0.1, -0.05) is 37.2 Å². The molecule has 0 spiro atoms. The fourth-order valence-corrected chi connectivity index (χ4v) is 1.02. The average Bonchev–Trinajstić information content (AvgIpc) is 2.09. The summed E-state index contributed by atoms with van der Waals surface area (Å²) in [4.78, 5) is 0. The maximum absolute atomic E-state index is 5.92. The van der Waals surface area contributed by atoms with Crippen LogP contribution in [0.1, 0.15) is 13.3 Å². The molecule has 0 saturated carbocycles. The standard InChI is InChI=1S/C10H12ClN/c1-3-8(2)12-10-7-5-4-6-9(10)11/h4-7,12H,2-3H2,1H3. The Morgan fingerprint density at radius 2 is 2.17 bits per heavy atom. The van der Waals surface area contributed by atoms with Crippen molar-refractivity contribution in [2.45, 2.75) is 13.3 Å². The van der Waals surface area contributed by atoms with Crippen molar-refractivity contribution in [1.29, 1.82) is 0 Å². The topological polar surface area (TPSA) is 12.0 Å². The van der Waals surface area contributed by atoms with Gasteiger partial charge in [0.2, 0.25) is 0 Å². The Hall–Kier alpha value is -0.950. The molecule has 0 aliphatic carbocycles. The molecule has 1 N–H and O–H groups in total. The van der Waals surface area contributed by atoms with Crippen LogP contribution in [0.2, 0.25) is 5.02 Å². The van der Waals surface area contributed by atoms with E-state index in [1.807, 2.05) is 31.2 Å². The van der Waals surface area contributed by atoms with Crippen molar-refractivity contribution in [1.82, 2.24) is 0 Å². The third kappa shape index (κ3) is 2.28. The maximum Gasteiger partial charge on any atom is 0.0640 e. The van der Waals surface area contributed by atoms with E-state index >= 15 is 0 Å². The molecule has 0 fully saturated rings. The highest BCUT2D eigenvalue weighted by Crippen LogP contribution is 2.21. The van der Waals surface area contributed by atoms with Gasteiger partial charge < -0.3 is 5.32 Å². The minimum Gasteiger partial charge on any atom is -0.358 e. The van der Waals surface area contributed by atoms with Gasteiger partial charge in [0.05, 0.1) is 10.7 Å². The molecule has 1 aromatic carbocycles. The van der Waals surface area contributed by atoms with Gasteiger partial charge >= 0.3 is 0 Å². The number of hydrogen-bond donors (Lipinski definition) is 1. The first-order chi connectivity index (χ1) is 5.74. The predicted octanol–water partition coefficient (Wildman–Crippen LogP) is 3.68. The summed E-state index contributed by atoms with van der Waals surface area (Å²) >= 11 is 5.92. The molecular formula is C10H12ClN. The summed E-state index contributed by atoms with van der Waals surface area (Å²) in [6, 6.07) is 7.63. The number of hydrogen-bond acceptors (Lipinski definition) is 1. The number of halogens is 1. The molecule has 0 radical (unpaired) electrons. The number of rotatable bonds is 3. The van der Waals surface area contributed by atoms with Crippen LogP contribution < -0.4 is 5.32 Å². The fourth-order valence-electron chi connectivity index (χ4n) is 0.841. The number of nitrogens with one attached hydrogen (secondary N) is 1. The minimum atomic E-state index is 0.729. The number of benzene rings is 1. The quantitative estimate of drug-likeness (QED) is 0.750. The molecule has 0 saturated heterocycles. The number of para-hydroxylation sites is 1. The largest absolute Gasteiger partial charge is 0.358 e. The Labute approximate surface area is 78.1 Å². The van der Waals surface area contributed by atoms with Crippen LogP contribution in [0.15, 0.2) is 36.5 Å². The van der Waals surface area contributed by atoms with Gasteiger partial charge in [-0.3, -0.25) is 0 Å². The first kappa shape index (κ1) is 9.14. The lowest BCUT2D eigenvalue weighted by atomic mass is 10.3. The lowest BCUT2D eigenvalue weighted by Gasteiger charge is -2.08. The molecule has 2 heteroatoms. The van der Waals surface area contributed by atoms with Crippen molar-refractivity contribution >= 4 is 17.3 Å². The van der Waals surface area contributed by atoms with Gasteiger partial charge in [0, 0.05) is 5.70 Å². The zero-order valence-electron chi connectivity index (χ0n) is 7.10. The van der Waals surface area contributed by atoms with Gasteiger partial charge in [-0.15, -0.1) is 0 Å². The molecule has 64 valence electrons. The van der Waals surface area contributed by atoms with Gasteiger partial charge in [0.25, 0.3) is 0 Å². The van der Waals surface area contributed by atoms with E-state index in [0.29, 0.717) is 0 Å². The first-order valence-corrected chi connectivity index (χ1v) is 4.31. The SMILES string of the molecule is C=C(CC)Nc1ccccc1Cl. The molecule has 0 amide bonds. The van der Waals surface area contributed by atoms with E-state index in [2.05, 4.69) is 11.9 Å². The summed E-state index contributed by atoms with van der Waals surface area (Å²) in [7, 11) is 0. The minimum absolute atomic E-state index is 0.729. The molecular weight excluding hydrogens is 170 g/mol. The van der Waals surface area contributed by atoms with Crippen LogP contribution in [-0.2, 0) is 0 Å². The smallest absolute Gasteiger partial charge is 0.0640 e. The van der Waals surface area contributed by atoms with Crippen molar-refractivity contribution in [3.63, 3.8) is 0 Å². The third-order valence-electron chi connectivity index (χ3n) is 1.61. The molecule has 1 nitrogen and oxygen atoms in total. The molecule has 0 unspecified atom stereocenters. The maximum atomic E-state index is 5.92. The van der Waals surface area contributed by atoms with Crippen LogP contribution in [0.5, 0.6) is 0 Å². The Morgan fingerprint density at radius 3 is 2.75 bits per heavy atom. The van der Waals surface area contributed by atoms with E-state index < -0.39 is 0 Å². The molecule has 12 heavy (non-hydrogen) atoms. The summed E-state index contributed by atoms with van der Waals surface area (Å²) in [6.45, 7) is 5.89. The van der Waals surface area contributed by atoms with E-state index in [1.165, 1.54) is 0 Å². The summed E-state index contributed by atoms with van der Waals surface area (Å²) in [6.07, 6.45) is 0.908. The Morgan fingerprint density at radius 1 is 1.50 bits per heavy atom. The monoisotopic (exact) mass is 181 g/mol. The van der Waals surface area contributed by atoms with Crippen molar-refractivity contribution in [2.75, 3.05) is 5.32 Å². The lowest BCUT2D eigenvalue weighted by molar-refractivity contribution is 1.11. The van der Waals surface area contributed by atoms with Crippen LogP contribution >= 0.6 is 11.6 Å². The van der Waals surface area contributed by atoms with Gasteiger partial charge in [-0.05, 0) is 18.6 Å². The van der Waals surface area contributed by atoms with Crippen LogP contribution in [-0.4, -0.2) is 0 Å². The number of anilines is 1. The van der Waals surface area contributed by atoms with Crippen molar-refractivity contribution in [3.8, 4) is 0 Å². The summed E-state index contributed by atoms with van der Waals surface area (Å²) < 4.78 is 0. The van der Waals surface area contributed by atoms with Crippen LogP contribution in [0.4, 0.5) is 5.69 Å². The summed E-state index contributed by atoms with van der Waals surface area (Å²) in [5, 5.41) is 3.86. The lowest BCUT2D eigenvalue weighted by Crippen LogP contribution is -1.96. The summed E-state index contributed by atoms with van der Waals surface area (Å²) in [5.74, 6) is 0. The van der Waals surface area contributed by atoms with Gasteiger partial charge in [-0.2, -0.15) is 0 Å². The van der Waals surface area contributed by atoms with Crippen LogP contribution in [0.3, 0.4) is 0 Å². The van der Waals surface area contributed by atoms with E-state index in [0.717, 1.165) is 22.8 Å². The molecule has 0 atom stereocenters. The van der Waals surface area contributed by atoms with Gasteiger partial charge in [0.15, 0.2) is 0 Å². The van der Waals surface area contributed by atoms with Crippen molar-refractivity contribution in [3.05, 3.63) is 41.6 Å². The van der Waals surface area contributed by atoms with Crippen molar-refractivity contribution < 1.29 is 0 Å². The second-order valence-electron chi connectivity index (χ2n) is 2.56. The Balaban J connectivity index is 2.75. The Kier molecular flexibility index (Phi) is 3.18. The highest BCUT2D eigenvalue weighted by Gasteiger charge is 1.97. The first-order valence-electron chi connectivity index (χ1n) is 3.93. The zero-order valence-corrected chi connectivity index (χ0v) is 7.86. The van der Waals surface area contributed by atoms with Crippen molar-refractivity contribution in [2.24, 2.45) is 0 Å². The highest BCUT2D eigenvalue weighted by atomic mass is 35.5. The van der Waals surface area contributed by atoms with E-state index in [-0.39, 0.29) is 0 Å². The third-order valence-corrected chi connectivity index (χ3v) is 1.94. The second-order valence-corrected chi connectivity index (χ2v) is 2.97. The van der Waals surface area contributed by atoms with E-state index in [9.17, 15) is 0 Å². The molecule has 0 bridgehead atoms. The summed E-state index contributed by atoms with van der Waals surface area (Å²) in [5.41, 5.74) is 1.90. The normalized spacial score (nSPS) is 9.50. The van der Waals surface area contributed by atoms with E-state index in [1.54, 1.807) is 0 Å². The number of allylic oxidation sites excluding steroid dienone is 1. The molecule has 1 rings (SSSR count). The molecule has 0 heterocycles. The van der Waals surface area contributed by atoms with Crippen LogP contribution in [0.25, 0.3) is 0 Å². The predicted molar refractivity (Wildman–Crippen MR) is 54.5 cm³/mol. The zero-order chi connectivity index (χ0) is 8.97. The second kappa shape index (κ2) is 4.17. The van der Waals surface area contributed by atoms with Gasteiger partial charge in [0.1, 0.15) is 0 Å². The average molecular weight is 182 g/mol. The molecule has 0 aromatic heterocycles. The molecule has 1 aromatic rings. The van der Waals surface area contributed by atoms with Crippen LogP contribution in [0, 0.1) is 0 Å². The molecule has 0 aliphatic heterocycles. The molecule has 0 aliphatic rings. The van der Waals surface area contributed by atoms with E-state index in [4.69, 9.17) is 11.6 Å². The van der Waals surface area contributed by atoms with Gasteiger partial charge in [-0.25, -0.2) is 0 Å². The fraction of sp³-hybridized carbons (Fsp3) is 0.200. The highest BCUT2D eigenvalue weighted by molar-refractivity contribution is 6.33.